The third-order valence-electron chi connectivity index (χ3n) is 4.25. The van der Waals surface area contributed by atoms with Crippen molar-refractivity contribution in [2.45, 2.75) is 25.1 Å². The maximum atomic E-state index is 12.3. The minimum Gasteiger partial charge on any atom is -0.497 e. The molecule has 152 valence electrons. The molecule has 1 amide bonds. The van der Waals surface area contributed by atoms with Crippen molar-refractivity contribution in [3.8, 4) is 11.5 Å². The lowest BCUT2D eigenvalue weighted by Gasteiger charge is -2.14. The molecule has 0 aliphatic rings. The lowest BCUT2D eigenvalue weighted by atomic mass is 10.2. The molecule has 2 aromatic carbocycles. The number of thioether (sulfide) groups is 1. The van der Waals surface area contributed by atoms with Gasteiger partial charge in [-0.25, -0.2) is 0 Å². The summed E-state index contributed by atoms with van der Waals surface area (Å²) < 4.78 is 13.0. The van der Waals surface area contributed by atoms with Crippen LogP contribution in [0.25, 0.3) is 0 Å². The first-order valence-corrected chi connectivity index (χ1v) is 10.1. The number of carbonyl (C=O) groups is 1. The molecule has 29 heavy (non-hydrogen) atoms. The summed E-state index contributed by atoms with van der Waals surface area (Å²) in [6.45, 7) is 3.96. The fraction of sp³-hybridized carbons (Fsp3) is 0.286. The molecular formula is C21H24N4O3S. The molecule has 8 heteroatoms. The summed E-state index contributed by atoms with van der Waals surface area (Å²) in [5, 5.41) is 11.9. The molecule has 0 aliphatic carbocycles. The number of anilines is 1. The molecule has 3 aromatic rings. The zero-order valence-corrected chi connectivity index (χ0v) is 17.7. The van der Waals surface area contributed by atoms with Crippen LogP contribution < -0.4 is 14.8 Å². The fourth-order valence-corrected chi connectivity index (χ4v) is 3.43. The normalized spacial score (nSPS) is 11.7. The van der Waals surface area contributed by atoms with E-state index in [-0.39, 0.29) is 17.8 Å². The highest BCUT2D eigenvalue weighted by atomic mass is 32.2. The maximum Gasteiger partial charge on any atom is 0.234 e. The van der Waals surface area contributed by atoms with Gasteiger partial charge in [-0.2, -0.15) is 0 Å². The summed E-state index contributed by atoms with van der Waals surface area (Å²) in [5.41, 5.74) is 1.86. The first-order valence-electron chi connectivity index (χ1n) is 9.15. The van der Waals surface area contributed by atoms with E-state index in [4.69, 9.17) is 9.47 Å². The highest BCUT2D eigenvalue weighted by Crippen LogP contribution is 2.24. The van der Waals surface area contributed by atoms with Crippen LogP contribution in [-0.4, -0.2) is 33.5 Å². The zero-order valence-electron chi connectivity index (χ0n) is 16.9. The first kappa shape index (κ1) is 20.7. The number of methoxy groups -OCH3 is 1. The Labute approximate surface area is 174 Å². The summed E-state index contributed by atoms with van der Waals surface area (Å²) in [5.74, 6) is 2.25. The second-order valence-electron chi connectivity index (χ2n) is 6.54. The Hall–Kier alpha value is -3.00. The summed E-state index contributed by atoms with van der Waals surface area (Å²) in [4.78, 5) is 12.3. The molecule has 0 aliphatic heterocycles. The van der Waals surface area contributed by atoms with E-state index in [1.807, 2.05) is 67.9 Å². The summed E-state index contributed by atoms with van der Waals surface area (Å²) in [6, 6.07) is 15.1. The Balaban J connectivity index is 1.57. The molecule has 0 radical (unpaired) electrons. The first-order chi connectivity index (χ1) is 14.0. The average Bonchev–Trinajstić information content (AvgIpc) is 3.09. The number of nitrogens with zero attached hydrogens (tertiary/aromatic N) is 3. The molecule has 1 heterocycles. The van der Waals surface area contributed by atoms with Crippen LogP contribution in [-0.2, 0) is 11.8 Å². The van der Waals surface area contributed by atoms with Crippen LogP contribution in [0, 0.1) is 6.92 Å². The molecule has 0 saturated carbocycles. The second kappa shape index (κ2) is 9.47. The number of carbonyl (C=O) groups excluding carboxylic acids is 1. The Kier molecular flexibility index (Phi) is 6.77. The van der Waals surface area contributed by atoms with E-state index in [0.29, 0.717) is 22.4 Å². The lowest BCUT2D eigenvalue weighted by molar-refractivity contribution is -0.113. The topological polar surface area (TPSA) is 78.3 Å². The maximum absolute atomic E-state index is 12.3. The van der Waals surface area contributed by atoms with Crippen molar-refractivity contribution in [1.82, 2.24) is 14.8 Å². The van der Waals surface area contributed by atoms with E-state index in [9.17, 15) is 4.79 Å². The largest absolute Gasteiger partial charge is 0.497 e. The van der Waals surface area contributed by atoms with Crippen molar-refractivity contribution in [2.24, 2.45) is 7.05 Å². The molecule has 1 atom stereocenters. The van der Waals surface area contributed by atoms with Gasteiger partial charge in [-0.15, -0.1) is 10.2 Å². The van der Waals surface area contributed by atoms with Crippen LogP contribution in [0.15, 0.2) is 53.7 Å². The predicted molar refractivity (Wildman–Crippen MR) is 114 cm³/mol. The standard InChI is InChI=1S/C21H24N4O3S/c1-14-8-10-17(11-9-14)28-15(2)20-23-24-21(25(20)3)29-13-19(26)22-16-6-5-7-18(12-16)27-4/h5-12,15H,13H2,1-4H3,(H,22,26). The van der Waals surface area contributed by atoms with Gasteiger partial charge < -0.3 is 19.4 Å². The van der Waals surface area contributed by atoms with Gasteiger partial charge in [0.25, 0.3) is 0 Å². The SMILES string of the molecule is COc1cccc(NC(=O)CSc2nnc(C(C)Oc3ccc(C)cc3)n2C)c1. The average molecular weight is 413 g/mol. The number of aryl methyl sites for hydroxylation is 1. The number of ether oxygens (including phenoxy) is 2. The van der Waals surface area contributed by atoms with Crippen molar-refractivity contribution in [2.75, 3.05) is 18.2 Å². The third kappa shape index (κ3) is 5.51. The molecular weight excluding hydrogens is 388 g/mol. The molecule has 1 aromatic heterocycles. The monoisotopic (exact) mass is 412 g/mol. The van der Waals surface area contributed by atoms with Gasteiger partial charge in [-0.05, 0) is 38.1 Å². The van der Waals surface area contributed by atoms with Gasteiger partial charge in [0.2, 0.25) is 5.91 Å². The van der Waals surface area contributed by atoms with E-state index in [1.54, 1.807) is 13.2 Å². The van der Waals surface area contributed by atoms with Gasteiger partial charge in [0, 0.05) is 18.8 Å². The van der Waals surface area contributed by atoms with Crippen LogP contribution in [0.1, 0.15) is 24.4 Å². The molecule has 1 unspecified atom stereocenters. The fourth-order valence-electron chi connectivity index (χ4n) is 2.71. The number of hydrogen-bond donors (Lipinski definition) is 1. The van der Waals surface area contributed by atoms with Crippen molar-refractivity contribution < 1.29 is 14.3 Å². The quantitative estimate of drug-likeness (QED) is 0.564. The van der Waals surface area contributed by atoms with E-state index in [1.165, 1.54) is 17.3 Å². The lowest BCUT2D eigenvalue weighted by Crippen LogP contribution is -2.15. The predicted octanol–water partition coefficient (Wildman–Crippen LogP) is 4.00. The van der Waals surface area contributed by atoms with Gasteiger partial charge in [-0.1, -0.05) is 35.5 Å². The Morgan fingerprint density at radius 3 is 2.66 bits per heavy atom. The number of rotatable bonds is 8. The summed E-state index contributed by atoms with van der Waals surface area (Å²) >= 11 is 1.32. The van der Waals surface area contributed by atoms with Gasteiger partial charge in [-0.3, -0.25) is 4.79 Å². The van der Waals surface area contributed by atoms with Gasteiger partial charge in [0.15, 0.2) is 17.1 Å². The minimum atomic E-state index is -0.268. The van der Waals surface area contributed by atoms with Crippen molar-refractivity contribution in [3.63, 3.8) is 0 Å². The molecule has 0 spiro atoms. The van der Waals surface area contributed by atoms with Crippen LogP contribution in [0.2, 0.25) is 0 Å². The van der Waals surface area contributed by atoms with Crippen LogP contribution in [0.5, 0.6) is 11.5 Å². The number of amides is 1. The summed E-state index contributed by atoms with van der Waals surface area (Å²) in [6.07, 6.45) is -0.268. The van der Waals surface area contributed by atoms with Crippen molar-refractivity contribution >= 4 is 23.4 Å². The van der Waals surface area contributed by atoms with Crippen molar-refractivity contribution in [3.05, 3.63) is 59.9 Å². The number of benzene rings is 2. The van der Waals surface area contributed by atoms with Crippen LogP contribution in [0.3, 0.4) is 0 Å². The summed E-state index contributed by atoms with van der Waals surface area (Å²) in [7, 11) is 3.46. The highest BCUT2D eigenvalue weighted by Gasteiger charge is 2.18. The molecule has 1 N–H and O–H groups in total. The van der Waals surface area contributed by atoms with Gasteiger partial charge in [0.05, 0.1) is 12.9 Å². The zero-order chi connectivity index (χ0) is 20.8. The van der Waals surface area contributed by atoms with Crippen LogP contribution >= 0.6 is 11.8 Å². The highest BCUT2D eigenvalue weighted by molar-refractivity contribution is 7.99. The third-order valence-corrected chi connectivity index (χ3v) is 5.27. The van der Waals surface area contributed by atoms with Gasteiger partial charge in [0.1, 0.15) is 11.5 Å². The second-order valence-corrected chi connectivity index (χ2v) is 7.48. The molecule has 0 saturated heterocycles. The van der Waals surface area contributed by atoms with E-state index in [0.717, 1.165) is 5.75 Å². The Bertz CT molecular complexity index is 972. The van der Waals surface area contributed by atoms with Crippen molar-refractivity contribution in [1.29, 1.82) is 0 Å². The smallest absolute Gasteiger partial charge is 0.234 e. The van der Waals surface area contributed by atoms with E-state index in [2.05, 4.69) is 15.5 Å². The molecule has 0 bridgehead atoms. The Morgan fingerprint density at radius 1 is 1.17 bits per heavy atom. The van der Waals surface area contributed by atoms with Crippen LogP contribution in [0.4, 0.5) is 5.69 Å². The minimum absolute atomic E-state index is 0.128. The number of aromatic nitrogens is 3. The molecule has 3 rings (SSSR count). The molecule has 0 fully saturated rings. The van der Waals surface area contributed by atoms with E-state index >= 15 is 0 Å². The number of nitrogens with one attached hydrogen (secondary N) is 1. The Morgan fingerprint density at radius 2 is 1.93 bits per heavy atom. The molecule has 7 nitrogen and oxygen atoms in total. The van der Waals surface area contributed by atoms with Gasteiger partial charge >= 0.3 is 0 Å². The van der Waals surface area contributed by atoms with E-state index < -0.39 is 0 Å². The number of hydrogen-bond acceptors (Lipinski definition) is 6.